The lowest BCUT2D eigenvalue weighted by molar-refractivity contribution is 0.102. The third kappa shape index (κ3) is 5.79. The van der Waals surface area contributed by atoms with Crippen LogP contribution in [0.25, 0.3) is 0 Å². The molecule has 2 N–H and O–H groups in total. The standard InChI is InChI=1S/C24H26N2O5S/c1-16(2)31-20-10-6-18(7-11-20)24(27)25-19-8-12-21(13-9-19)32(28,29)26-22-15-17(3)5-14-23(22)30-4/h5-16,26H,1-4H3,(H,25,27). The zero-order valence-corrected chi connectivity index (χ0v) is 19.2. The van der Waals surface area contributed by atoms with Gasteiger partial charge in [0.25, 0.3) is 15.9 Å². The molecule has 0 saturated carbocycles. The molecule has 0 aliphatic carbocycles. The number of rotatable bonds is 8. The van der Waals surface area contributed by atoms with E-state index in [-0.39, 0.29) is 16.9 Å². The van der Waals surface area contributed by atoms with E-state index in [1.807, 2.05) is 26.8 Å². The van der Waals surface area contributed by atoms with Gasteiger partial charge in [-0.05, 0) is 87.0 Å². The number of carbonyl (C=O) groups excluding carboxylic acids is 1. The predicted molar refractivity (Wildman–Crippen MR) is 125 cm³/mol. The molecule has 32 heavy (non-hydrogen) atoms. The van der Waals surface area contributed by atoms with E-state index in [4.69, 9.17) is 9.47 Å². The van der Waals surface area contributed by atoms with Gasteiger partial charge in [-0.1, -0.05) is 6.07 Å². The zero-order chi connectivity index (χ0) is 23.3. The van der Waals surface area contributed by atoms with Crippen molar-refractivity contribution in [3.8, 4) is 11.5 Å². The van der Waals surface area contributed by atoms with Crippen LogP contribution in [-0.2, 0) is 10.0 Å². The fourth-order valence-electron chi connectivity index (χ4n) is 2.98. The molecule has 3 aromatic rings. The van der Waals surface area contributed by atoms with Crippen molar-refractivity contribution in [2.45, 2.75) is 31.8 Å². The number of amides is 1. The largest absolute Gasteiger partial charge is 0.495 e. The molecular weight excluding hydrogens is 428 g/mol. The maximum Gasteiger partial charge on any atom is 0.262 e. The average Bonchev–Trinajstić information content (AvgIpc) is 2.74. The van der Waals surface area contributed by atoms with Crippen molar-refractivity contribution in [3.05, 3.63) is 77.9 Å². The van der Waals surface area contributed by atoms with Gasteiger partial charge >= 0.3 is 0 Å². The van der Waals surface area contributed by atoms with Crippen molar-refractivity contribution < 1.29 is 22.7 Å². The second-order valence-electron chi connectivity index (χ2n) is 7.48. The first-order valence-electron chi connectivity index (χ1n) is 10.0. The Balaban J connectivity index is 1.70. The summed E-state index contributed by atoms with van der Waals surface area (Å²) in [5.41, 5.74) is 2.19. The summed E-state index contributed by atoms with van der Waals surface area (Å²) in [6, 6.07) is 18.0. The molecule has 168 valence electrons. The van der Waals surface area contributed by atoms with E-state index in [1.165, 1.54) is 31.4 Å². The third-order valence-corrected chi connectivity index (χ3v) is 5.89. The molecule has 8 heteroatoms. The van der Waals surface area contributed by atoms with Gasteiger partial charge < -0.3 is 14.8 Å². The molecule has 0 unspecified atom stereocenters. The average molecular weight is 455 g/mol. The van der Waals surface area contributed by atoms with E-state index in [2.05, 4.69) is 10.0 Å². The van der Waals surface area contributed by atoms with E-state index >= 15 is 0 Å². The molecular formula is C24H26N2O5S. The first-order chi connectivity index (χ1) is 15.2. The molecule has 3 aromatic carbocycles. The predicted octanol–water partition coefficient (Wildman–Crippen LogP) is 4.84. The van der Waals surface area contributed by atoms with Gasteiger partial charge in [0.2, 0.25) is 0 Å². The second kappa shape index (κ2) is 9.74. The van der Waals surface area contributed by atoms with Crippen LogP contribution in [0.2, 0.25) is 0 Å². The summed E-state index contributed by atoms with van der Waals surface area (Å²) >= 11 is 0. The molecule has 0 spiro atoms. The number of methoxy groups -OCH3 is 1. The third-order valence-electron chi connectivity index (χ3n) is 4.51. The number of anilines is 2. The molecule has 0 aromatic heterocycles. The SMILES string of the molecule is COc1ccc(C)cc1NS(=O)(=O)c1ccc(NC(=O)c2ccc(OC(C)C)cc2)cc1. The topological polar surface area (TPSA) is 93.7 Å². The number of hydrogen-bond donors (Lipinski definition) is 2. The molecule has 0 bridgehead atoms. The van der Waals surface area contributed by atoms with E-state index in [1.54, 1.807) is 36.4 Å². The van der Waals surface area contributed by atoms with Crippen molar-refractivity contribution >= 4 is 27.3 Å². The van der Waals surface area contributed by atoms with Crippen LogP contribution >= 0.6 is 0 Å². The molecule has 0 aliphatic heterocycles. The van der Waals surface area contributed by atoms with Crippen LogP contribution < -0.4 is 19.5 Å². The lowest BCUT2D eigenvalue weighted by Gasteiger charge is -2.13. The van der Waals surface area contributed by atoms with Gasteiger partial charge in [0.1, 0.15) is 11.5 Å². The van der Waals surface area contributed by atoms with Crippen LogP contribution in [0.1, 0.15) is 29.8 Å². The Morgan fingerprint density at radius 1 is 0.938 bits per heavy atom. The number of sulfonamides is 1. The normalized spacial score (nSPS) is 11.2. The Labute approximate surface area is 188 Å². The first kappa shape index (κ1) is 23.1. The van der Waals surface area contributed by atoms with Gasteiger partial charge in [0.05, 0.1) is 23.8 Å². The number of aryl methyl sites for hydroxylation is 1. The lowest BCUT2D eigenvalue weighted by atomic mass is 10.2. The quantitative estimate of drug-likeness (QED) is 0.508. The van der Waals surface area contributed by atoms with Crippen LogP contribution in [0, 0.1) is 6.92 Å². The Bertz CT molecular complexity index is 1190. The highest BCUT2D eigenvalue weighted by atomic mass is 32.2. The Morgan fingerprint density at radius 2 is 1.59 bits per heavy atom. The fourth-order valence-corrected chi connectivity index (χ4v) is 4.04. The van der Waals surface area contributed by atoms with Gasteiger partial charge in [0, 0.05) is 11.3 Å². The summed E-state index contributed by atoms with van der Waals surface area (Å²) in [5.74, 6) is 0.802. The van der Waals surface area contributed by atoms with Gasteiger partial charge in [-0.25, -0.2) is 8.42 Å². The Kier molecular flexibility index (Phi) is 7.05. The fraction of sp³-hybridized carbons (Fsp3) is 0.208. The van der Waals surface area contributed by atoms with Crippen LogP contribution in [0.5, 0.6) is 11.5 Å². The van der Waals surface area contributed by atoms with E-state index in [0.29, 0.717) is 28.4 Å². The highest BCUT2D eigenvalue weighted by Gasteiger charge is 2.17. The van der Waals surface area contributed by atoms with Crippen molar-refractivity contribution in [2.24, 2.45) is 0 Å². The summed E-state index contributed by atoms with van der Waals surface area (Å²) in [7, 11) is -2.35. The number of carbonyl (C=O) groups is 1. The van der Waals surface area contributed by atoms with E-state index in [0.717, 1.165) is 5.56 Å². The number of benzene rings is 3. The Morgan fingerprint density at radius 3 is 2.19 bits per heavy atom. The zero-order valence-electron chi connectivity index (χ0n) is 18.4. The monoisotopic (exact) mass is 454 g/mol. The van der Waals surface area contributed by atoms with Crippen molar-refractivity contribution in [1.82, 2.24) is 0 Å². The molecule has 0 aliphatic rings. The minimum atomic E-state index is -3.83. The number of ether oxygens (including phenoxy) is 2. The molecule has 0 saturated heterocycles. The lowest BCUT2D eigenvalue weighted by Crippen LogP contribution is -2.15. The van der Waals surface area contributed by atoms with Crippen LogP contribution in [0.15, 0.2) is 71.6 Å². The molecule has 0 radical (unpaired) electrons. The van der Waals surface area contributed by atoms with E-state index < -0.39 is 10.0 Å². The van der Waals surface area contributed by atoms with E-state index in [9.17, 15) is 13.2 Å². The van der Waals surface area contributed by atoms with Gasteiger partial charge in [0.15, 0.2) is 0 Å². The molecule has 0 fully saturated rings. The molecule has 3 rings (SSSR count). The van der Waals surface area contributed by atoms with Crippen LogP contribution in [0.3, 0.4) is 0 Å². The summed E-state index contributed by atoms with van der Waals surface area (Å²) in [5, 5.41) is 2.76. The molecule has 1 amide bonds. The van der Waals surface area contributed by atoms with Gasteiger partial charge in [-0.2, -0.15) is 0 Å². The molecule has 7 nitrogen and oxygen atoms in total. The second-order valence-corrected chi connectivity index (χ2v) is 9.16. The maximum absolute atomic E-state index is 12.8. The molecule has 0 atom stereocenters. The minimum Gasteiger partial charge on any atom is -0.495 e. The smallest absolute Gasteiger partial charge is 0.262 e. The minimum absolute atomic E-state index is 0.0472. The van der Waals surface area contributed by atoms with Crippen molar-refractivity contribution in [1.29, 1.82) is 0 Å². The summed E-state index contributed by atoms with van der Waals surface area (Å²) in [4.78, 5) is 12.5. The summed E-state index contributed by atoms with van der Waals surface area (Å²) < 4.78 is 38.9. The maximum atomic E-state index is 12.8. The van der Waals surface area contributed by atoms with Gasteiger partial charge in [-0.15, -0.1) is 0 Å². The summed E-state index contributed by atoms with van der Waals surface area (Å²) in [6.45, 7) is 5.72. The molecule has 0 heterocycles. The van der Waals surface area contributed by atoms with Crippen molar-refractivity contribution in [3.63, 3.8) is 0 Å². The van der Waals surface area contributed by atoms with Crippen LogP contribution in [-0.4, -0.2) is 27.5 Å². The van der Waals surface area contributed by atoms with Crippen molar-refractivity contribution in [2.75, 3.05) is 17.1 Å². The summed E-state index contributed by atoms with van der Waals surface area (Å²) in [6.07, 6.45) is 0.0472. The Hall–Kier alpha value is -3.52. The number of hydrogen-bond acceptors (Lipinski definition) is 5. The highest BCUT2D eigenvalue weighted by molar-refractivity contribution is 7.92. The number of nitrogens with one attached hydrogen (secondary N) is 2. The highest BCUT2D eigenvalue weighted by Crippen LogP contribution is 2.28. The van der Waals surface area contributed by atoms with Crippen LogP contribution in [0.4, 0.5) is 11.4 Å². The van der Waals surface area contributed by atoms with Gasteiger partial charge in [-0.3, -0.25) is 9.52 Å². The first-order valence-corrected chi connectivity index (χ1v) is 11.5.